The molecule has 0 bridgehead atoms. The van der Waals surface area contributed by atoms with Crippen LogP contribution in [0, 0.1) is 5.21 Å². The van der Waals surface area contributed by atoms with E-state index in [4.69, 9.17) is 0 Å². The molecule has 0 radical (unpaired) electrons. The fourth-order valence-corrected chi connectivity index (χ4v) is 3.62. The van der Waals surface area contributed by atoms with Crippen LogP contribution in [-0.2, 0) is 6.54 Å². The molecule has 5 heteroatoms. The van der Waals surface area contributed by atoms with Crippen LogP contribution in [0.25, 0.3) is 0 Å². The van der Waals surface area contributed by atoms with Crippen molar-refractivity contribution in [3.05, 3.63) is 71.2 Å². The van der Waals surface area contributed by atoms with Gasteiger partial charge >= 0.3 is 0 Å². The number of piperazine rings is 1. The van der Waals surface area contributed by atoms with Crippen molar-refractivity contribution >= 4 is 5.91 Å². The zero-order valence-corrected chi connectivity index (χ0v) is 16.0. The number of aromatic nitrogens is 1. The molecule has 26 heavy (non-hydrogen) atoms. The minimum Gasteiger partial charge on any atom is -0.619 e. The van der Waals surface area contributed by atoms with Crippen molar-refractivity contribution in [3.8, 4) is 0 Å². The van der Waals surface area contributed by atoms with Crippen LogP contribution in [0.4, 0.5) is 0 Å². The lowest BCUT2D eigenvalue weighted by Gasteiger charge is -2.55. The summed E-state index contributed by atoms with van der Waals surface area (Å²) in [4.78, 5) is 17.4. The molecule has 1 saturated heterocycles. The van der Waals surface area contributed by atoms with Crippen molar-refractivity contribution in [1.29, 1.82) is 0 Å². The Labute approximate surface area is 155 Å². The first-order valence-corrected chi connectivity index (χ1v) is 8.99. The minimum absolute atomic E-state index is 0.0902. The standard InChI is InChI=1S/C21H27N3O2/c1-20(2)16-24(19(25)18-11-8-12-23(26)14-18)21(3,4)15-22(20)13-17-9-6-5-7-10-17/h5-12,14H,13,15-16H2,1-4H3. The summed E-state index contributed by atoms with van der Waals surface area (Å²) in [6.45, 7) is 10.8. The number of pyridine rings is 1. The maximum absolute atomic E-state index is 13.1. The van der Waals surface area contributed by atoms with E-state index in [-0.39, 0.29) is 17.0 Å². The second-order valence-corrected chi connectivity index (χ2v) is 8.31. The molecule has 0 saturated carbocycles. The number of carbonyl (C=O) groups is 1. The van der Waals surface area contributed by atoms with Crippen molar-refractivity contribution in [2.24, 2.45) is 0 Å². The highest BCUT2D eigenvalue weighted by molar-refractivity contribution is 5.94. The van der Waals surface area contributed by atoms with Crippen molar-refractivity contribution in [2.45, 2.75) is 45.3 Å². The Morgan fingerprint density at radius 3 is 2.38 bits per heavy atom. The maximum atomic E-state index is 13.1. The monoisotopic (exact) mass is 353 g/mol. The molecular weight excluding hydrogens is 326 g/mol. The molecule has 0 N–H and O–H groups in total. The SMILES string of the molecule is CC1(C)CN(C(=O)c2ccc[n+]([O-])c2)C(C)(C)CN1Cc1ccccc1. The molecule has 138 valence electrons. The number of hydrogen-bond donors (Lipinski definition) is 0. The predicted octanol–water partition coefficient (Wildman–Crippen LogP) is 2.84. The summed E-state index contributed by atoms with van der Waals surface area (Å²) < 4.78 is 0.678. The second-order valence-electron chi connectivity index (χ2n) is 8.31. The number of benzene rings is 1. The molecule has 0 unspecified atom stereocenters. The Hall–Kier alpha value is -2.40. The van der Waals surface area contributed by atoms with E-state index < -0.39 is 0 Å². The molecule has 1 aliphatic heterocycles. The van der Waals surface area contributed by atoms with Crippen LogP contribution >= 0.6 is 0 Å². The molecule has 5 nitrogen and oxygen atoms in total. The largest absolute Gasteiger partial charge is 0.619 e. The number of carbonyl (C=O) groups excluding carboxylic acids is 1. The van der Waals surface area contributed by atoms with E-state index in [1.165, 1.54) is 18.0 Å². The average Bonchev–Trinajstić information content (AvgIpc) is 2.58. The molecular formula is C21H27N3O2. The summed E-state index contributed by atoms with van der Waals surface area (Å²) >= 11 is 0. The summed E-state index contributed by atoms with van der Waals surface area (Å²) in [6, 6.07) is 13.7. The molecule has 2 heterocycles. The van der Waals surface area contributed by atoms with Crippen molar-refractivity contribution in [3.63, 3.8) is 0 Å². The highest BCUT2D eigenvalue weighted by Gasteiger charge is 2.45. The average molecular weight is 353 g/mol. The van der Waals surface area contributed by atoms with Gasteiger partial charge in [-0.25, -0.2) is 0 Å². The van der Waals surface area contributed by atoms with Crippen LogP contribution in [0.3, 0.4) is 0 Å². The van der Waals surface area contributed by atoms with Gasteiger partial charge in [-0.2, -0.15) is 4.73 Å². The van der Waals surface area contributed by atoms with Gasteiger partial charge in [-0.1, -0.05) is 30.3 Å². The van der Waals surface area contributed by atoms with Gasteiger partial charge in [0.25, 0.3) is 5.91 Å². The van der Waals surface area contributed by atoms with Crippen molar-refractivity contribution in [1.82, 2.24) is 9.80 Å². The van der Waals surface area contributed by atoms with Crippen LogP contribution in [-0.4, -0.2) is 39.9 Å². The third kappa shape index (κ3) is 3.73. The van der Waals surface area contributed by atoms with E-state index in [0.717, 1.165) is 13.1 Å². The van der Waals surface area contributed by atoms with Gasteiger partial charge in [-0.15, -0.1) is 0 Å². The number of amides is 1. The van der Waals surface area contributed by atoms with Gasteiger partial charge in [0.2, 0.25) is 0 Å². The molecule has 1 fully saturated rings. The summed E-state index contributed by atoms with van der Waals surface area (Å²) in [6.07, 6.45) is 2.74. The smallest absolute Gasteiger partial charge is 0.260 e. The van der Waals surface area contributed by atoms with E-state index >= 15 is 0 Å². The number of hydrogen-bond acceptors (Lipinski definition) is 3. The fourth-order valence-electron chi connectivity index (χ4n) is 3.62. The summed E-state index contributed by atoms with van der Waals surface area (Å²) in [5, 5.41) is 11.6. The van der Waals surface area contributed by atoms with E-state index in [9.17, 15) is 10.0 Å². The Bertz CT molecular complexity index is 787. The van der Waals surface area contributed by atoms with Gasteiger partial charge in [0.1, 0.15) is 5.56 Å². The Morgan fingerprint density at radius 1 is 1.04 bits per heavy atom. The van der Waals surface area contributed by atoms with Crippen LogP contribution in [0.5, 0.6) is 0 Å². The quantitative estimate of drug-likeness (QED) is 0.630. The third-order valence-corrected chi connectivity index (χ3v) is 5.19. The summed E-state index contributed by atoms with van der Waals surface area (Å²) in [7, 11) is 0. The van der Waals surface area contributed by atoms with E-state index in [1.807, 2.05) is 11.0 Å². The molecule has 1 aromatic carbocycles. The number of rotatable bonds is 3. The topological polar surface area (TPSA) is 50.5 Å². The first-order valence-electron chi connectivity index (χ1n) is 8.99. The molecule has 3 rings (SSSR count). The molecule has 0 spiro atoms. The Balaban J connectivity index is 1.84. The van der Waals surface area contributed by atoms with Gasteiger partial charge in [0, 0.05) is 31.2 Å². The van der Waals surface area contributed by atoms with Gasteiger partial charge in [-0.05, 0) is 39.3 Å². The maximum Gasteiger partial charge on any atom is 0.260 e. The molecule has 0 atom stereocenters. The Morgan fingerprint density at radius 2 is 1.73 bits per heavy atom. The molecule has 0 aliphatic carbocycles. The van der Waals surface area contributed by atoms with E-state index in [2.05, 4.69) is 56.9 Å². The van der Waals surface area contributed by atoms with E-state index in [1.54, 1.807) is 12.1 Å². The predicted molar refractivity (Wildman–Crippen MR) is 101 cm³/mol. The van der Waals surface area contributed by atoms with Crippen molar-refractivity contribution in [2.75, 3.05) is 13.1 Å². The van der Waals surface area contributed by atoms with Gasteiger partial charge in [0.05, 0.1) is 5.54 Å². The lowest BCUT2D eigenvalue weighted by molar-refractivity contribution is -0.605. The zero-order valence-electron chi connectivity index (χ0n) is 16.0. The normalized spacial score (nSPS) is 19.3. The lowest BCUT2D eigenvalue weighted by atomic mass is 9.87. The van der Waals surface area contributed by atoms with Crippen LogP contribution < -0.4 is 4.73 Å². The molecule has 2 aromatic rings. The third-order valence-electron chi connectivity index (χ3n) is 5.19. The zero-order chi connectivity index (χ0) is 18.9. The van der Waals surface area contributed by atoms with Gasteiger partial charge < -0.3 is 10.1 Å². The minimum atomic E-state index is -0.328. The van der Waals surface area contributed by atoms with Gasteiger partial charge in [0.15, 0.2) is 12.4 Å². The number of nitrogens with zero attached hydrogens (tertiary/aromatic N) is 3. The van der Waals surface area contributed by atoms with Crippen LogP contribution in [0.2, 0.25) is 0 Å². The summed E-state index contributed by atoms with van der Waals surface area (Å²) in [5.41, 5.74) is 1.21. The second kappa shape index (κ2) is 6.72. The Kier molecular flexibility index (Phi) is 4.76. The first kappa shape index (κ1) is 18.4. The highest BCUT2D eigenvalue weighted by atomic mass is 16.5. The highest BCUT2D eigenvalue weighted by Crippen LogP contribution is 2.33. The first-order chi connectivity index (χ1) is 12.2. The molecule has 1 aromatic heterocycles. The van der Waals surface area contributed by atoms with Crippen LogP contribution in [0.15, 0.2) is 54.9 Å². The van der Waals surface area contributed by atoms with Gasteiger partial charge in [-0.3, -0.25) is 9.69 Å². The van der Waals surface area contributed by atoms with Crippen LogP contribution in [0.1, 0.15) is 43.6 Å². The molecule has 1 amide bonds. The van der Waals surface area contributed by atoms with E-state index in [0.29, 0.717) is 16.8 Å². The van der Waals surface area contributed by atoms with Crippen molar-refractivity contribution < 1.29 is 9.52 Å². The molecule has 1 aliphatic rings. The fraction of sp³-hybridized carbons (Fsp3) is 0.429. The summed E-state index contributed by atoms with van der Waals surface area (Å²) in [5.74, 6) is -0.0902. The lowest BCUT2D eigenvalue weighted by Crippen LogP contribution is -2.68.